The summed E-state index contributed by atoms with van der Waals surface area (Å²) in [6.45, 7) is 2.72. The van der Waals surface area contributed by atoms with Gasteiger partial charge in [0.05, 0.1) is 11.8 Å². The Morgan fingerprint density at radius 2 is 2.50 bits per heavy atom. The van der Waals surface area contributed by atoms with Gasteiger partial charge >= 0.3 is 0 Å². The van der Waals surface area contributed by atoms with Crippen molar-refractivity contribution in [1.82, 2.24) is 4.57 Å². The Morgan fingerprint density at radius 1 is 1.75 bits per heavy atom. The Kier molecular flexibility index (Phi) is 2.65. The standard InChI is InChI=1S/C9H10N2O/c1-2-11-7-3-4-8(11)9(12)5-6-10/h3-4,7H,2,5H2,1H3. The maximum Gasteiger partial charge on any atom is 0.193 e. The van der Waals surface area contributed by atoms with Crippen LogP contribution in [-0.4, -0.2) is 10.4 Å². The molecular formula is C9H10N2O. The lowest BCUT2D eigenvalue weighted by molar-refractivity contribution is 0.0989. The monoisotopic (exact) mass is 162 g/mol. The van der Waals surface area contributed by atoms with Gasteiger partial charge in [-0.1, -0.05) is 0 Å². The van der Waals surface area contributed by atoms with Crippen LogP contribution in [0, 0.1) is 11.3 Å². The first-order valence-corrected chi connectivity index (χ1v) is 3.85. The molecule has 0 radical (unpaired) electrons. The van der Waals surface area contributed by atoms with Gasteiger partial charge in [-0.25, -0.2) is 0 Å². The van der Waals surface area contributed by atoms with Gasteiger partial charge in [-0.15, -0.1) is 0 Å². The van der Waals surface area contributed by atoms with E-state index >= 15 is 0 Å². The molecule has 3 heteroatoms. The first kappa shape index (κ1) is 8.54. The number of carbonyl (C=O) groups excluding carboxylic acids is 1. The van der Waals surface area contributed by atoms with Crippen LogP contribution < -0.4 is 0 Å². The van der Waals surface area contributed by atoms with Crippen molar-refractivity contribution >= 4 is 5.78 Å². The van der Waals surface area contributed by atoms with Gasteiger partial charge in [0.2, 0.25) is 0 Å². The number of nitrogens with zero attached hydrogens (tertiary/aromatic N) is 2. The fourth-order valence-corrected chi connectivity index (χ4v) is 1.11. The van der Waals surface area contributed by atoms with Crippen LogP contribution in [0.25, 0.3) is 0 Å². The number of Topliss-reactive ketones (excluding diaryl/α,β-unsaturated/α-hetero) is 1. The largest absolute Gasteiger partial charge is 0.345 e. The molecule has 62 valence electrons. The third-order valence-corrected chi connectivity index (χ3v) is 1.70. The smallest absolute Gasteiger partial charge is 0.193 e. The van der Waals surface area contributed by atoms with Crippen LogP contribution in [-0.2, 0) is 6.54 Å². The van der Waals surface area contributed by atoms with Crippen LogP contribution in [0.2, 0.25) is 0 Å². The maximum atomic E-state index is 11.2. The first-order chi connectivity index (χ1) is 5.79. The van der Waals surface area contributed by atoms with Gasteiger partial charge in [-0.3, -0.25) is 4.79 Å². The summed E-state index contributed by atoms with van der Waals surface area (Å²) in [5, 5.41) is 8.32. The van der Waals surface area contributed by atoms with Gasteiger partial charge in [0.1, 0.15) is 6.42 Å². The zero-order chi connectivity index (χ0) is 8.97. The van der Waals surface area contributed by atoms with E-state index in [2.05, 4.69) is 0 Å². The molecule has 0 unspecified atom stereocenters. The fraction of sp³-hybridized carbons (Fsp3) is 0.333. The van der Waals surface area contributed by atoms with Crippen molar-refractivity contribution in [3.63, 3.8) is 0 Å². The van der Waals surface area contributed by atoms with E-state index in [-0.39, 0.29) is 12.2 Å². The van der Waals surface area contributed by atoms with Gasteiger partial charge in [0.25, 0.3) is 0 Å². The van der Waals surface area contributed by atoms with Gasteiger partial charge in [-0.05, 0) is 19.1 Å². The minimum Gasteiger partial charge on any atom is -0.345 e. The van der Waals surface area contributed by atoms with Crippen molar-refractivity contribution in [1.29, 1.82) is 5.26 Å². The summed E-state index contributed by atoms with van der Waals surface area (Å²) in [5.41, 5.74) is 0.624. The Bertz CT molecular complexity index is 320. The van der Waals surface area contributed by atoms with Gasteiger partial charge in [0.15, 0.2) is 5.78 Å². The molecule has 0 amide bonds. The predicted octanol–water partition coefficient (Wildman–Crippen LogP) is 1.60. The summed E-state index contributed by atoms with van der Waals surface area (Å²) < 4.78 is 1.83. The molecular weight excluding hydrogens is 152 g/mol. The molecule has 0 saturated heterocycles. The molecule has 0 aliphatic heterocycles. The molecule has 0 saturated carbocycles. The minimum atomic E-state index is -0.107. The number of nitriles is 1. The Morgan fingerprint density at radius 3 is 3.08 bits per heavy atom. The lowest BCUT2D eigenvalue weighted by Crippen LogP contribution is -2.06. The first-order valence-electron chi connectivity index (χ1n) is 3.85. The van der Waals surface area contributed by atoms with Crippen LogP contribution in [0.1, 0.15) is 23.8 Å². The second-order valence-electron chi connectivity index (χ2n) is 2.44. The lowest BCUT2D eigenvalue weighted by atomic mass is 10.2. The summed E-state index contributed by atoms with van der Waals surface area (Å²) >= 11 is 0. The molecule has 3 nitrogen and oxygen atoms in total. The van der Waals surface area contributed by atoms with Crippen molar-refractivity contribution < 1.29 is 4.79 Å². The summed E-state index contributed by atoms with van der Waals surface area (Å²) in [6, 6.07) is 5.40. The number of carbonyl (C=O) groups is 1. The van der Waals surface area contributed by atoms with E-state index < -0.39 is 0 Å². The fourth-order valence-electron chi connectivity index (χ4n) is 1.11. The van der Waals surface area contributed by atoms with Crippen molar-refractivity contribution in [3.8, 4) is 6.07 Å². The highest BCUT2D eigenvalue weighted by atomic mass is 16.1. The average molecular weight is 162 g/mol. The van der Waals surface area contributed by atoms with E-state index in [1.807, 2.05) is 29.8 Å². The molecule has 1 rings (SSSR count). The number of aromatic nitrogens is 1. The molecule has 0 aliphatic carbocycles. The minimum absolute atomic E-state index is 0.0377. The summed E-state index contributed by atoms with van der Waals surface area (Å²) in [5.74, 6) is -0.107. The third-order valence-electron chi connectivity index (χ3n) is 1.70. The third kappa shape index (κ3) is 1.54. The lowest BCUT2D eigenvalue weighted by Gasteiger charge is -2.01. The number of rotatable bonds is 3. The van der Waals surface area contributed by atoms with Gasteiger partial charge in [-0.2, -0.15) is 5.26 Å². The second kappa shape index (κ2) is 3.72. The van der Waals surface area contributed by atoms with Crippen LogP contribution in [0.3, 0.4) is 0 Å². The van der Waals surface area contributed by atoms with E-state index in [4.69, 9.17) is 5.26 Å². The highest BCUT2D eigenvalue weighted by molar-refractivity contribution is 5.95. The molecule has 0 aliphatic rings. The molecule has 0 atom stereocenters. The van der Waals surface area contributed by atoms with E-state index in [1.165, 1.54) is 0 Å². The molecule has 0 bridgehead atoms. The Labute approximate surface area is 71.2 Å². The van der Waals surface area contributed by atoms with Crippen molar-refractivity contribution in [3.05, 3.63) is 24.0 Å². The van der Waals surface area contributed by atoms with Gasteiger partial charge < -0.3 is 4.57 Å². The number of hydrogen-bond acceptors (Lipinski definition) is 2. The van der Waals surface area contributed by atoms with E-state index in [9.17, 15) is 4.79 Å². The van der Waals surface area contributed by atoms with E-state index in [0.717, 1.165) is 6.54 Å². The van der Waals surface area contributed by atoms with Gasteiger partial charge in [0, 0.05) is 12.7 Å². The summed E-state index contributed by atoms with van der Waals surface area (Å²) in [4.78, 5) is 11.2. The van der Waals surface area contributed by atoms with Crippen molar-refractivity contribution in [2.24, 2.45) is 0 Å². The van der Waals surface area contributed by atoms with Crippen LogP contribution in [0.5, 0.6) is 0 Å². The molecule has 12 heavy (non-hydrogen) atoms. The molecule has 0 N–H and O–H groups in total. The predicted molar refractivity (Wildman–Crippen MR) is 44.7 cm³/mol. The zero-order valence-corrected chi connectivity index (χ0v) is 6.95. The molecule has 0 aromatic carbocycles. The van der Waals surface area contributed by atoms with Crippen LogP contribution in [0.15, 0.2) is 18.3 Å². The average Bonchev–Trinajstić information content (AvgIpc) is 2.51. The van der Waals surface area contributed by atoms with Crippen molar-refractivity contribution in [2.45, 2.75) is 19.9 Å². The highest BCUT2D eigenvalue weighted by Crippen LogP contribution is 2.04. The molecule has 0 fully saturated rings. The topological polar surface area (TPSA) is 45.8 Å². The number of aryl methyl sites for hydroxylation is 1. The molecule has 0 spiro atoms. The maximum absolute atomic E-state index is 11.2. The quantitative estimate of drug-likeness (QED) is 0.634. The van der Waals surface area contributed by atoms with Crippen LogP contribution in [0.4, 0.5) is 0 Å². The Balaban J connectivity index is 2.88. The zero-order valence-electron chi connectivity index (χ0n) is 6.95. The van der Waals surface area contributed by atoms with E-state index in [1.54, 1.807) is 6.07 Å². The molecule has 1 aromatic heterocycles. The SMILES string of the molecule is CCn1cccc1C(=O)CC#N. The van der Waals surface area contributed by atoms with E-state index in [0.29, 0.717) is 5.69 Å². The summed E-state index contributed by atoms with van der Waals surface area (Å²) in [7, 11) is 0. The Hall–Kier alpha value is -1.56. The summed E-state index contributed by atoms with van der Waals surface area (Å²) in [6.07, 6.45) is 1.80. The molecule has 1 heterocycles. The highest BCUT2D eigenvalue weighted by Gasteiger charge is 2.08. The number of ketones is 1. The molecule has 1 aromatic rings. The van der Waals surface area contributed by atoms with Crippen molar-refractivity contribution in [2.75, 3.05) is 0 Å². The number of hydrogen-bond donors (Lipinski definition) is 0. The van der Waals surface area contributed by atoms with Crippen LogP contribution >= 0.6 is 0 Å². The normalized spacial score (nSPS) is 9.33. The second-order valence-corrected chi connectivity index (χ2v) is 2.44.